The number of carbonyl (C=O) groups is 20. The minimum atomic E-state index is -1.84. The van der Waals surface area contributed by atoms with Crippen LogP contribution in [0.1, 0.15) is 248 Å². The van der Waals surface area contributed by atoms with Crippen LogP contribution in [0.4, 0.5) is 0 Å². The highest BCUT2D eigenvalue weighted by molar-refractivity contribution is 6.05. The Morgan fingerprint density at radius 3 is 1.37 bits per heavy atom. The monoisotopic (exact) mass is 1940 g/mol. The maximum atomic E-state index is 14.6. The second-order valence-electron chi connectivity index (χ2n) is 38.0. The van der Waals surface area contributed by atoms with Crippen molar-refractivity contribution in [2.45, 2.75) is 350 Å². The van der Waals surface area contributed by atoms with Gasteiger partial charge in [0.25, 0.3) is 11.8 Å². The molecule has 19 amide bonds. The Labute approximate surface area is 803 Å². The SMILES string of the molecule is C/C=C(\NC(=O)[C@@H](NC(=O)[C@H](CC(C)C)NC(=O)[C@H](CCC(N)=O)NC(=O)[C@@H](NC(=O)[C@@H](NC(=O)[C@H](CC(C)C)NC(=O)[C@H](CO)NC(=O)[C@@H](NC(=O)[C@H](CC(C)C)NC(=O)[C@H](CO)NC(=O)[C@@H]1CCCN1C(=O)/C(=C/C)NC(=O)CC(O)CCCCC)C(C)C)C(C)C)C(C)C)C(C)C)C(=O)NC1C(=O)N[C@@H](CC(C)C)C(=O)NCC(=O)N[C@@H](CCN)C(=O)N[C@@H](CCCCN)C(=O)O[C@@H]1C. The lowest BCUT2D eigenvalue weighted by molar-refractivity contribution is -0.156. The number of primary amides is 1. The van der Waals surface area contributed by atoms with E-state index in [9.17, 15) is 111 Å². The van der Waals surface area contributed by atoms with Crippen molar-refractivity contribution in [1.29, 1.82) is 0 Å². The third-order valence-electron chi connectivity index (χ3n) is 22.7. The molecule has 0 aromatic rings. The van der Waals surface area contributed by atoms with Gasteiger partial charge < -0.3 is 133 Å². The number of esters is 1. The summed E-state index contributed by atoms with van der Waals surface area (Å²) in [6.07, 6.45) is 2.61. The van der Waals surface area contributed by atoms with E-state index < -0.39 is 283 Å². The molecule has 0 radical (unpaired) electrons. The van der Waals surface area contributed by atoms with Crippen LogP contribution in [-0.2, 0) is 101 Å². The van der Waals surface area contributed by atoms with Gasteiger partial charge in [-0.1, -0.05) is 149 Å². The molecule has 26 N–H and O–H groups in total. The van der Waals surface area contributed by atoms with Crippen molar-refractivity contribution >= 4 is 118 Å². The maximum Gasteiger partial charge on any atom is 0.328 e. The molecule has 0 saturated carbocycles. The van der Waals surface area contributed by atoms with E-state index in [0.717, 1.165) is 18.9 Å². The highest BCUT2D eigenvalue weighted by Crippen LogP contribution is 2.23. The van der Waals surface area contributed by atoms with Gasteiger partial charge in [-0.15, -0.1) is 0 Å². The zero-order chi connectivity index (χ0) is 104. The number of hydrogen-bond acceptors (Lipinski definition) is 26. The number of cyclic esters (lactones) is 1. The van der Waals surface area contributed by atoms with Crippen LogP contribution in [0.25, 0.3) is 0 Å². The fourth-order valence-corrected chi connectivity index (χ4v) is 15.0. The summed E-state index contributed by atoms with van der Waals surface area (Å²) in [5.74, 6) is -22.8. The third kappa shape index (κ3) is 42.7. The van der Waals surface area contributed by atoms with Gasteiger partial charge in [0, 0.05) is 13.0 Å². The number of unbranched alkanes of at least 4 members (excludes halogenated alkanes) is 3. The first-order valence-electron chi connectivity index (χ1n) is 47.8. The van der Waals surface area contributed by atoms with E-state index in [2.05, 4.69) is 90.4 Å². The number of nitrogens with zero attached hydrogens (tertiary/aromatic N) is 1. The van der Waals surface area contributed by atoms with E-state index >= 15 is 0 Å². The molecule has 2 aliphatic rings. The van der Waals surface area contributed by atoms with Crippen molar-refractivity contribution in [3.63, 3.8) is 0 Å². The Morgan fingerprint density at radius 2 is 0.927 bits per heavy atom. The quantitative estimate of drug-likeness (QED) is 0.0161. The molecule has 17 atom stereocenters. The standard InChI is InChI=1S/C92H159N21O24/c1-21-24-25-29-55(116)42-69(118)97-57(23-3)91(135)113-37-28-31-67(113)85(129)106-65(44-114)83(127)103-63(40-48(8)9)81(125)109-72(51(14)15)88(132)107-66(45-115)84(128)104-64(41-49(10)11)82(126)110-74(53(18)19)89(133)111-73(52(16)17)87(131)100-58(32-33-68(95)117)78(122)102-62(39-47(6)7)80(124)108-71(50(12)13)86(130)99-56(22-2)77(121)112-75-54(20)137-92(136)60(30-26-27-35-93)101-79(123)59(34-36-94)98-70(119)43-96-76(120)61(38-46(4)5)105-90(75)134/h22-23,46-55,58-67,71-75,114-116H,21,24-45,93-94H2,1-20H3,(H2,95,117)(H,96,120)(H,97,118)(H,98,119)(H,99,130)(H,100,131)(H,101,123)(H,102,122)(H,103,127)(H,104,128)(H,105,134)(H,106,129)(H,107,132)(H,108,124)(H,109,125)(H,110,126)(H,111,133)(H,112,121)/b56-22-,57-23-/t54-,55?,58+,59+,60+,61+,62+,63+,64+,65+,66+,67+,71+,72+,73+,74+,75?/m1/s1. The molecule has 0 aliphatic carbocycles. The Morgan fingerprint density at radius 1 is 0.482 bits per heavy atom. The summed E-state index contributed by atoms with van der Waals surface area (Å²) < 4.78 is 5.80. The van der Waals surface area contributed by atoms with Crippen LogP contribution in [0.15, 0.2) is 23.5 Å². The van der Waals surface area contributed by atoms with Crippen molar-refractivity contribution in [2.24, 2.45) is 64.5 Å². The molecule has 0 spiro atoms. The molecule has 2 fully saturated rings. The van der Waals surface area contributed by atoms with E-state index in [1.807, 2.05) is 6.92 Å². The minimum Gasteiger partial charge on any atom is -0.458 e. The molecule has 0 aromatic heterocycles. The lowest BCUT2D eigenvalue weighted by Gasteiger charge is -2.31. The van der Waals surface area contributed by atoms with Crippen molar-refractivity contribution in [3.05, 3.63) is 23.5 Å². The number of nitrogens with one attached hydrogen (secondary N) is 17. The van der Waals surface area contributed by atoms with Crippen molar-refractivity contribution < 1.29 is 116 Å². The van der Waals surface area contributed by atoms with Gasteiger partial charge in [0.05, 0.1) is 32.3 Å². The average Bonchev–Trinajstić information content (AvgIpc) is 1.64. The summed E-state index contributed by atoms with van der Waals surface area (Å²) in [4.78, 5) is 282. The summed E-state index contributed by atoms with van der Waals surface area (Å²) in [5.41, 5.74) is 16.5. The highest BCUT2D eigenvalue weighted by Gasteiger charge is 2.44. The largest absolute Gasteiger partial charge is 0.458 e. The average molecular weight is 1940 g/mol. The van der Waals surface area contributed by atoms with Crippen LogP contribution in [0.5, 0.6) is 0 Å². The van der Waals surface area contributed by atoms with Gasteiger partial charge in [0.1, 0.15) is 108 Å². The first kappa shape index (κ1) is 122. The number of aliphatic hydroxyl groups excluding tert-OH is 3. The molecule has 45 heteroatoms. The molecule has 2 heterocycles. The molecular weight excluding hydrogens is 1780 g/mol. The lowest BCUT2D eigenvalue weighted by atomic mass is 9.97. The molecule has 776 valence electrons. The van der Waals surface area contributed by atoms with Crippen LogP contribution in [-0.4, -0.2) is 281 Å². The third-order valence-corrected chi connectivity index (χ3v) is 22.7. The molecule has 137 heavy (non-hydrogen) atoms. The van der Waals surface area contributed by atoms with E-state index in [-0.39, 0.29) is 100 Å². The van der Waals surface area contributed by atoms with Gasteiger partial charge in [0.2, 0.25) is 100 Å². The normalized spacial score (nSPS) is 19.5. The number of allylic oxidation sites excluding steroid dienone is 2. The van der Waals surface area contributed by atoms with Gasteiger partial charge in [-0.2, -0.15) is 0 Å². The van der Waals surface area contributed by atoms with Gasteiger partial charge in [-0.3, -0.25) is 91.1 Å². The molecule has 2 aliphatic heterocycles. The first-order chi connectivity index (χ1) is 64.2. The van der Waals surface area contributed by atoms with Gasteiger partial charge in [-0.25, -0.2) is 4.79 Å². The number of amides is 19. The van der Waals surface area contributed by atoms with Crippen LogP contribution in [0, 0.1) is 47.3 Å². The second kappa shape index (κ2) is 61.8. The van der Waals surface area contributed by atoms with Crippen molar-refractivity contribution in [1.82, 2.24) is 95.3 Å². The van der Waals surface area contributed by atoms with Crippen LogP contribution in [0.2, 0.25) is 0 Å². The number of carbonyl (C=O) groups excluding carboxylic acids is 20. The summed E-state index contributed by atoms with van der Waals surface area (Å²) in [5, 5.41) is 74.8. The highest BCUT2D eigenvalue weighted by atomic mass is 16.5. The fraction of sp³-hybridized carbons (Fsp3) is 0.739. The summed E-state index contributed by atoms with van der Waals surface area (Å²) in [6.45, 7) is 30.0. The lowest BCUT2D eigenvalue weighted by Crippen LogP contribution is -2.62. The number of aliphatic hydroxyl groups is 3. The topological polar surface area (TPSA) is 697 Å². The van der Waals surface area contributed by atoms with Crippen molar-refractivity contribution in [3.8, 4) is 0 Å². The smallest absolute Gasteiger partial charge is 0.328 e. The molecule has 2 rings (SSSR count). The summed E-state index contributed by atoms with van der Waals surface area (Å²) in [6, 6.07) is -22.3. The second-order valence-corrected chi connectivity index (χ2v) is 38.0. The Kier molecular flexibility index (Phi) is 54.9. The van der Waals surface area contributed by atoms with Gasteiger partial charge in [-0.05, 0) is 158 Å². The summed E-state index contributed by atoms with van der Waals surface area (Å²) in [7, 11) is 0. The molecule has 0 bridgehead atoms. The molecule has 2 saturated heterocycles. The Bertz CT molecular complexity index is 4140. The van der Waals surface area contributed by atoms with Gasteiger partial charge in [0.15, 0.2) is 0 Å². The number of ether oxygens (including phenoxy) is 1. The predicted molar refractivity (Wildman–Crippen MR) is 505 cm³/mol. The van der Waals surface area contributed by atoms with Crippen LogP contribution >= 0.6 is 0 Å². The van der Waals surface area contributed by atoms with E-state index in [4.69, 9.17) is 21.9 Å². The number of likely N-dealkylation sites (tertiary alicyclic amines) is 1. The van der Waals surface area contributed by atoms with E-state index in [0.29, 0.717) is 32.1 Å². The number of nitrogens with two attached hydrogens (primary N) is 3. The maximum absolute atomic E-state index is 14.6. The van der Waals surface area contributed by atoms with Crippen LogP contribution in [0.3, 0.4) is 0 Å². The zero-order valence-corrected chi connectivity index (χ0v) is 83.4. The first-order valence-corrected chi connectivity index (χ1v) is 47.8. The van der Waals surface area contributed by atoms with Crippen molar-refractivity contribution in [2.75, 3.05) is 39.4 Å². The minimum absolute atomic E-state index is 0.000602. The van der Waals surface area contributed by atoms with E-state index in [1.54, 1.807) is 111 Å². The number of hydrogen-bond donors (Lipinski definition) is 23. The van der Waals surface area contributed by atoms with E-state index in [1.165, 1.54) is 31.7 Å². The fourth-order valence-electron chi connectivity index (χ4n) is 15.0. The van der Waals surface area contributed by atoms with Gasteiger partial charge >= 0.3 is 5.97 Å². The summed E-state index contributed by atoms with van der Waals surface area (Å²) >= 11 is 0. The molecule has 0 aromatic carbocycles. The predicted octanol–water partition coefficient (Wildman–Crippen LogP) is -3.27. The number of rotatable bonds is 55. The Hall–Kier alpha value is -11.3. The molecule has 45 nitrogen and oxygen atoms in total. The molecule has 2 unspecified atom stereocenters. The van der Waals surface area contributed by atoms with Crippen LogP contribution < -0.4 is 108 Å². The zero-order valence-electron chi connectivity index (χ0n) is 83.4. The Balaban J connectivity index is 2.43. The molecular formula is C92H159N21O24.